The second-order valence-electron chi connectivity index (χ2n) is 0.902. The Morgan fingerprint density at radius 3 is 2.33 bits per heavy atom. The Bertz CT molecular complexity index is 71.6. The molecule has 0 spiro atoms. The molecule has 0 amide bonds. The molecule has 0 fully saturated rings. The first-order valence-electron chi connectivity index (χ1n) is 1.61. The van der Waals surface area contributed by atoms with Crippen molar-refractivity contribution in [3.05, 3.63) is 24.2 Å². The van der Waals surface area contributed by atoms with Gasteiger partial charge in [-0.05, 0) is 6.08 Å². The van der Waals surface area contributed by atoms with Crippen molar-refractivity contribution in [2.24, 2.45) is 5.73 Å². The molecule has 0 heterocycles. The van der Waals surface area contributed by atoms with Gasteiger partial charge in [-0.15, -0.1) is 0 Å². The minimum atomic E-state index is 0.713. The first-order valence-corrected chi connectivity index (χ1v) is 2.18. The van der Waals surface area contributed by atoms with E-state index in [0.717, 1.165) is 0 Å². The molecule has 0 radical (unpaired) electrons. The number of nitrogens with two attached hydrogens (primary N) is 1. The van der Waals surface area contributed by atoms with E-state index in [2.05, 4.69) is 15.8 Å². The van der Waals surface area contributed by atoms with Gasteiger partial charge in [-0.3, -0.25) is 0 Å². The van der Waals surface area contributed by atoms with Crippen LogP contribution in [0.15, 0.2) is 24.2 Å². The summed E-state index contributed by atoms with van der Waals surface area (Å²) < 4.78 is 0. The number of allylic oxidation sites excluding steroid dienone is 2. The van der Waals surface area contributed by atoms with Gasteiger partial charge in [-0.2, -0.15) is 0 Å². The van der Waals surface area contributed by atoms with Crippen molar-refractivity contribution >= 4 is 9.24 Å². The zero-order valence-corrected chi connectivity index (χ0v) is 4.67. The average molecular weight is 101 g/mol. The fourth-order valence-corrected chi connectivity index (χ4v) is 0.272. The van der Waals surface area contributed by atoms with Gasteiger partial charge in [0, 0.05) is 5.44 Å². The van der Waals surface area contributed by atoms with Gasteiger partial charge in [0.15, 0.2) is 0 Å². The molecule has 0 saturated heterocycles. The van der Waals surface area contributed by atoms with E-state index in [-0.39, 0.29) is 0 Å². The smallest absolute Gasteiger partial charge is 0.0254 e. The SMILES string of the molecule is C=C/C=C(\N)P. The minimum absolute atomic E-state index is 0.713. The molecule has 0 aliphatic heterocycles. The largest absolute Gasteiger partial charge is 0.399 e. The van der Waals surface area contributed by atoms with E-state index in [9.17, 15) is 0 Å². The summed E-state index contributed by atoms with van der Waals surface area (Å²) in [5.41, 5.74) is 5.87. The van der Waals surface area contributed by atoms with E-state index in [0.29, 0.717) is 5.44 Å². The fourth-order valence-electron chi connectivity index (χ4n) is 0.136. The van der Waals surface area contributed by atoms with Crippen LogP contribution in [0.25, 0.3) is 0 Å². The van der Waals surface area contributed by atoms with Crippen LogP contribution in [0.5, 0.6) is 0 Å². The van der Waals surface area contributed by atoms with Crippen molar-refractivity contribution < 1.29 is 0 Å². The Labute approximate surface area is 40.1 Å². The summed E-state index contributed by atoms with van der Waals surface area (Å²) in [6, 6.07) is 0. The van der Waals surface area contributed by atoms with Gasteiger partial charge >= 0.3 is 0 Å². The standard InChI is InChI=1S/C4H8NP/c1-2-3-4(5)6/h2-3H,1,5-6H2/b4-3+. The lowest BCUT2D eigenvalue weighted by Gasteiger charge is -1.78. The molecule has 0 rings (SSSR count). The van der Waals surface area contributed by atoms with Gasteiger partial charge in [-0.1, -0.05) is 21.9 Å². The lowest BCUT2D eigenvalue weighted by atomic mass is 10.6. The summed E-state index contributed by atoms with van der Waals surface area (Å²) in [6.07, 6.45) is 3.35. The number of rotatable bonds is 1. The van der Waals surface area contributed by atoms with E-state index in [1.807, 2.05) is 0 Å². The van der Waals surface area contributed by atoms with E-state index in [1.54, 1.807) is 12.2 Å². The van der Waals surface area contributed by atoms with Crippen LogP contribution in [0, 0.1) is 0 Å². The summed E-state index contributed by atoms with van der Waals surface area (Å²) in [4.78, 5) is 0. The topological polar surface area (TPSA) is 26.0 Å². The van der Waals surface area contributed by atoms with Crippen LogP contribution in [0.4, 0.5) is 0 Å². The molecule has 1 atom stereocenters. The molecule has 0 aromatic heterocycles. The predicted molar refractivity (Wildman–Crippen MR) is 32.2 cm³/mol. The van der Waals surface area contributed by atoms with Crippen molar-refractivity contribution in [1.29, 1.82) is 0 Å². The first kappa shape index (κ1) is 5.71. The molecule has 0 aliphatic rings. The predicted octanol–water partition coefficient (Wildman–Crippen LogP) is 0.848. The highest BCUT2D eigenvalue weighted by atomic mass is 31.0. The monoisotopic (exact) mass is 101 g/mol. The zero-order chi connectivity index (χ0) is 4.99. The zero-order valence-electron chi connectivity index (χ0n) is 3.52. The van der Waals surface area contributed by atoms with Crippen LogP contribution in [0.3, 0.4) is 0 Å². The van der Waals surface area contributed by atoms with Crippen LogP contribution in [0.2, 0.25) is 0 Å². The molecule has 0 aromatic carbocycles. The van der Waals surface area contributed by atoms with E-state index in [1.165, 1.54) is 0 Å². The molecular weight excluding hydrogens is 93.0 g/mol. The molecule has 1 unspecified atom stereocenters. The van der Waals surface area contributed by atoms with Crippen LogP contribution in [-0.4, -0.2) is 0 Å². The van der Waals surface area contributed by atoms with Crippen molar-refractivity contribution in [2.75, 3.05) is 0 Å². The quantitative estimate of drug-likeness (QED) is 0.384. The number of hydrogen-bond donors (Lipinski definition) is 1. The lowest BCUT2D eigenvalue weighted by Crippen LogP contribution is -1.82. The maximum Gasteiger partial charge on any atom is 0.0254 e. The molecular formula is C4H8NP. The summed E-state index contributed by atoms with van der Waals surface area (Å²) in [6.45, 7) is 3.43. The second kappa shape index (κ2) is 2.92. The van der Waals surface area contributed by atoms with Gasteiger partial charge in [0.2, 0.25) is 0 Å². The highest BCUT2D eigenvalue weighted by Gasteiger charge is 1.63. The molecule has 2 heteroatoms. The fraction of sp³-hybridized carbons (Fsp3) is 0. The van der Waals surface area contributed by atoms with Gasteiger partial charge in [0.05, 0.1) is 0 Å². The summed E-state index contributed by atoms with van der Waals surface area (Å²) in [5, 5.41) is 0. The molecule has 0 aromatic rings. The maximum atomic E-state index is 5.16. The van der Waals surface area contributed by atoms with Gasteiger partial charge in [0.25, 0.3) is 0 Å². The Hall–Kier alpha value is -0.290. The van der Waals surface area contributed by atoms with Gasteiger partial charge in [-0.25, -0.2) is 0 Å². The summed E-state index contributed by atoms with van der Waals surface area (Å²) >= 11 is 0. The third kappa shape index (κ3) is 3.71. The highest BCUT2D eigenvalue weighted by molar-refractivity contribution is 7.22. The van der Waals surface area contributed by atoms with Crippen molar-refractivity contribution in [3.8, 4) is 0 Å². The first-order chi connectivity index (χ1) is 2.77. The minimum Gasteiger partial charge on any atom is -0.399 e. The molecule has 1 nitrogen and oxygen atoms in total. The Kier molecular flexibility index (Phi) is 2.78. The maximum absolute atomic E-state index is 5.16. The molecule has 0 bridgehead atoms. The van der Waals surface area contributed by atoms with Crippen molar-refractivity contribution in [3.63, 3.8) is 0 Å². The van der Waals surface area contributed by atoms with E-state index in [4.69, 9.17) is 5.73 Å². The van der Waals surface area contributed by atoms with Gasteiger partial charge in [0.1, 0.15) is 0 Å². The third-order valence-corrected chi connectivity index (χ3v) is 0.503. The Morgan fingerprint density at radius 1 is 1.83 bits per heavy atom. The van der Waals surface area contributed by atoms with Crippen molar-refractivity contribution in [1.82, 2.24) is 0 Å². The van der Waals surface area contributed by atoms with Crippen LogP contribution >= 0.6 is 9.24 Å². The molecule has 6 heavy (non-hydrogen) atoms. The lowest BCUT2D eigenvalue weighted by molar-refractivity contribution is 1.55. The van der Waals surface area contributed by atoms with Crippen molar-refractivity contribution in [2.45, 2.75) is 0 Å². The normalized spacial score (nSPS) is 11.2. The Balaban J connectivity index is 3.41. The summed E-state index contributed by atoms with van der Waals surface area (Å²) in [5.74, 6) is 0. The molecule has 0 saturated carbocycles. The van der Waals surface area contributed by atoms with E-state index >= 15 is 0 Å². The molecule has 2 N–H and O–H groups in total. The van der Waals surface area contributed by atoms with Crippen LogP contribution < -0.4 is 5.73 Å². The average Bonchev–Trinajstić information content (AvgIpc) is 1.35. The number of hydrogen-bond acceptors (Lipinski definition) is 1. The van der Waals surface area contributed by atoms with Gasteiger partial charge < -0.3 is 5.73 Å². The molecule has 0 aliphatic carbocycles. The second-order valence-corrected chi connectivity index (χ2v) is 1.57. The Morgan fingerprint density at radius 2 is 2.33 bits per heavy atom. The third-order valence-electron chi connectivity index (χ3n) is 0.310. The molecule has 34 valence electrons. The van der Waals surface area contributed by atoms with E-state index < -0.39 is 0 Å². The van der Waals surface area contributed by atoms with Crippen LogP contribution in [-0.2, 0) is 0 Å². The van der Waals surface area contributed by atoms with Crippen LogP contribution in [0.1, 0.15) is 0 Å². The highest BCUT2D eigenvalue weighted by Crippen LogP contribution is 1.91. The summed E-state index contributed by atoms with van der Waals surface area (Å²) in [7, 11) is 2.35.